The van der Waals surface area contributed by atoms with Gasteiger partial charge in [-0.2, -0.15) is 5.53 Å². The Kier molecular flexibility index (Phi) is 11.9. The summed E-state index contributed by atoms with van der Waals surface area (Å²) >= 11 is 6.42. The summed E-state index contributed by atoms with van der Waals surface area (Å²) < 4.78 is 25.5. The Hall–Kier alpha value is -3.85. The van der Waals surface area contributed by atoms with Gasteiger partial charge in [0.1, 0.15) is 23.9 Å². The van der Waals surface area contributed by atoms with E-state index in [9.17, 15) is 0 Å². The lowest BCUT2D eigenvalue weighted by atomic mass is 9.89. The van der Waals surface area contributed by atoms with Gasteiger partial charge < -0.3 is 24.3 Å². The molecule has 3 atom stereocenters. The zero-order chi connectivity index (χ0) is 34.2. The standard InChI is InChI=1S/C34H47ClN10O4/c1-3-46-13-4-14-48-33-31(19-44(41-33)26-6-8-27(9-7-26)45-28-10-11-29(45)21-47-20-28)40-34-38-16-25(17-39-34)24-5-12-30(35)32(15-24)49-23(2)18-43(22-36)42-37/h5,12,15-17,19,22-23,26-29,36-37H,3-4,6-11,13-14,18,20-21H2,1-2H3,(H,38,39,40)/t23-,26-,27-,28?,29?/m0/s1. The second-order valence-electron chi connectivity index (χ2n) is 12.9. The summed E-state index contributed by atoms with van der Waals surface area (Å²) in [5.41, 5.74) is 9.50. The normalized spacial score (nSPS) is 22.8. The molecule has 14 nitrogen and oxygen atoms in total. The van der Waals surface area contributed by atoms with Crippen molar-refractivity contribution in [2.45, 2.75) is 89.1 Å². The van der Waals surface area contributed by atoms with Crippen LogP contribution in [0, 0.1) is 10.9 Å². The van der Waals surface area contributed by atoms with Crippen LogP contribution in [0.3, 0.4) is 0 Å². The van der Waals surface area contributed by atoms with Gasteiger partial charge >= 0.3 is 0 Å². The molecule has 3 fully saturated rings. The molecule has 1 aromatic carbocycles. The minimum Gasteiger partial charge on any atom is -0.487 e. The molecule has 1 saturated carbocycles. The van der Waals surface area contributed by atoms with E-state index in [4.69, 9.17) is 46.6 Å². The zero-order valence-corrected chi connectivity index (χ0v) is 29.0. The maximum Gasteiger partial charge on any atom is 0.256 e. The summed E-state index contributed by atoms with van der Waals surface area (Å²) in [6.45, 7) is 7.62. The number of benzene rings is 1. The Morgan fingerprint density at radius 1 is 1.06 bits per heavy atom. The average molecular weight is 695 g/mol. The predicted octanol–water partition coefficient (Wildman–Crippen LogP) is 6.51. The van der Waals surface area contributed by atoms with Gasteiger partial charge in [0.15, 0.2) is 0 Å². The maximum absolute atomic E-state index is 7.34. The lowest BCUT2D eigenvalue weighted by Crippen LogP contribution is -2.52. The highest BCUT2D eigenvalue weighted by atomic mass is 35.5. The molecule has 4 heterocycles. The van der Waals surface area contributed by atoms with Gasteiger partial charge in [-0.25, -0.2) is 15.0 Å². The van der Waals surface area contributed by atoms with Crippen LogP contribution in [0.25, 0.3) is 11.1 Å². The predicted molar refractivity (Wildman–Crippen MR) is 186 cm³/mol. The van der Waals surface area contributed by atoms with Gasteiger partial charge in [-0.3, -0.25) is 15.0 Å². The van der Waals surface area contributed by atoms with E-state index in [2.05, 4.69) is 30.1 Å². The van der Waals surface area contributed by atoms with Crippen LogP contribution >= 0.6 is 11.6 Å². The molecule has 2 aliphatic heterocycles. The molecule has 0 radical (unpaired) electrons. The zero-order valence-electron chi connectivity index (χ0n) is 28.3. The molecule has 3 N–H and O–H groups in total. The van der Waals surface area contributed by atoms with Crippen molar-refractivity contribution in [1.29, 1.82) is 10.9 Å². The van der Waals surface area contributed by atoms with Crippen LogP contribution in [-0.4, -0.2) is 99.8 Å². The molecule has 1 aliphatic carbocycles. The van der Waals surface area contributed by atoms with Crippen LogP contribution in [0.4, 0.5) is 11.6 Å². The Balaban J connectivity index is 1.12. The van der Waals surface area contributed by atoms with Crippen LogP contribution < -0.4 is 14.8 Å². The van der Waals surface area contributed by atoms with Crippen LogP contribution in [0.5, 0.6) is 11.6 Å². The second kappa shape index (κ2) is 16.7. The highest BCUT2D eigenvalue weighted by Crippen LogP contribution is 2.39. The summed E-state index contributed by atoms with van der Waals surface area (Å²) in [7, 11) is 0. The van der Waals surface area contributed by atoms with Crippen molar-refractivity contribution in [1.82, 2.24) is 29.7 Å². The molecule has 0 amide bonds. The van der Waals surface area contributed by atoms with Gasteiger partial charge in [0.2, 0.25) is 5.95 Å². The van der Waals surface area contributed by atoms with Gasteiger partial charge in [0.05, 0.1) is 43.6 Å². The fourth-order valence-corrected chi connectivity index (χ4v) is 7.34. The number of nitrogens with one attached hydrogen (secondary N) is 3. The Labute approximate surface area is 292 Å². The lowest BCUT2D eigenvalue weighted by Gasteiger charge is -2.43. The molecule has 6 rings (SSSR count). The number of morpholine rings is 1. The largest absolute Gasteiger partial charge is 0.487 e. The molecule has 3 aromatic rings. The van der Waals surface area contributed by atoms with Gasteiger partial charge in [-0.15, -0.1) is 5.10 Å². The average Bonchev–Trinajstić information content (AvgIpc) is 3.63. The quantitative estimate of drug-likeness (QED) is 0.0467. The molecule has 264 valence electrons. The molecule has 2 saturated heterocycles. The minimum absolute atomic E-state index is 0.238. The fraction of sp³-hybridized carbons (Fsp3) is 0.588. The van der Waals surface area contributed by atoms with Crippen molar-refractivity contribution < 1.29 is 18.9 Å². The first-order valence-electron chi connectivity index (χ1n) is 17.3. The van der Waals surface area contributed by atoms with Gasteiger partial charge in [-0.1, -0.05) is 22.9 Å². The number of fused-ring (bicyclic) bond motifs is 2. The molecule has 2 bridgehead atoms. The second-order valence-corrected chi connectivity index (χ2v) is 13.3. The molecule has 2 aromatic heterocycles. The van der Waals surface area contributed by atoms with Crippen LogP contribution in [0.2, 0.25) is 5.02 Å². The van der Waals surface area contributed by atoms with E-state index >= 15 is 0 Å². The molecular formula is C34H47ClN10O4. The molecule has 2 unspecified atom stereocenters. The highest BCUT2D eigenvalue weighted by molar-refractivity contribution is 6.32. The summed E-state index contributed by atoms with van der Waals surface area (Å²) in [4.78, 5) is 12.0. The first-order chi connectivity index (χ1) is 23.9. The van der Waals surface area contributed by atoms with Crippen molar-refractivity contribution >= 4 is 29.6 Å². The van der Waals surface area contributed by atoms with Crippen LogP contribution in [0.1, 0.15) is 64.8 Å². The number of anilines is 2. The number of nitrogens with zero attached hydrogens (tertiary/aromatic N) is 7. The van der Waals surface area contributed by atoms with Crippen LogP contribution in [0.15, 0.2) is 42.0 Å². The van der Waals surface area contributed by atoms with Gasteiger partial charge in [0, 0.05) is 55.7 Å². The van der Waals surface area contributed by atoms with Crippen molar-refractivity contribution in [2.75, 3.05) is 44.9 Å². The van der Waals surface area contributed by atoms with Gasteiger partial charge in [0.25, 0.3) is 5.88 Å². The topological polar surface area (TPSA) is 159 Å². The number of hydrogen-bond donors (Lipinski definition) is 3. The summed E-state index contributed by atoms with van der Waals surface area (Å²) in [6, 6.07) is 7.57. The Morgan fingerprint density at radius 3 is 2.47 bits per heavy atom. The number of aromatic nitrogens is 4. The molecule has 3 aliphatic rings. The minimum atomic E-state index is -0.363. The van der Waals surface area contributed by atoms with Crippen LogP contribution in [-0.2, 0) is 9.47 Å². The number of ether oxygens (including phenoxy) is 4. The van der Waals surface area contributed by atoms with E-state index in [0.717, 1.165) is 68.5 Å². The summed E-state index contributed by atoms with van der Waals surface area (Å²) in [5, 5.41) is 20.5. The number of halogens is 1. The Bertz CT molecular complexity index is 1510. The maximum atomic E-state index is 7.34. The Morgan fingerprint density at radius 2 is 1.78 bits per heavy atom. The number of rotatable bonds is 17. The third-order valence-electron chi connectivity index (χ3n) is 9.55. The molecular weight excluding hydrogens is 648 g/mol. The monoisotopic (exact) mass is 694 g/mol. The first-order valence-corrected chi connectivity index (χ1v) is 17.7. The van der Waals surface area contributed by atoms with Crippen molar-refractivity contribution in [2.24, 2.45) is 5.22 Å². The van der Waals surface area contributed by atoms with E-state index in [0.29, 0.717) is 66.6 Å². The van der Waals surface area contributed by atoms with E-state index < -0.39 is 0 Å². The van der Waals surface area contributed by atoms with E-state index in [1.54, 1.807) is 18.5 Å². The van der Waals surface area contributed by atoms with E-state index in [1.165, 1.54) is 17.9 Å². The summed E-state index contributed by atoms with van der Waals surface area (Å²) in [5.74, 6) is 1.44. The molecule has 0 spiro atoms. The van der Waals surface area contributed by atoms with E-state index in [1.807, 2.05) is 32.2 Å². The molecule has 15 heteroatoms. The number of hydrogen-bond acceptors (Lipinski definition) is 12. The lowest BCUT2D eigenvalue weighted by molar-refractivity contribution is -0.0458. The summed E-state index contributed by atoms with van der Waals surface area (Å²) in [6.07, 6.45) is 13.9. The third kappa shape index (κ3) is 8.66. The van der Waals surface area contributed by atoms with Crippen molar-refractivity contribution in [3.8, 4) is 22.8 Å². The smallest absolute Gasteiger partial charge is 0.256 e. The van der Waals surface area contributed by atoms with E-state index in [-0.39, 0.29) is 12.6 Å². The van der Waals surface area contributed by atoms with Crippen molar-refractivity contribution in [3.63, 3.8) is 0 Å². The molecule has 49 heavy (non-hydrogen) atoms. The fourth-order valence-electron chi connectivity index (χ4n) is 7.18. The third-order valence-corrected chi connectivity index (χ3v) is 9.86. The highest BCUT2D eigenvalue weighted by Gasteiger charge is 2.42. The van der Waals surface area contributed by atoms with Gasteiger partial charge in [-0.05, 0) is 70.1 Å². The van der Waals surface area contributed by atoms with Crippen molar-refractivity contribution in [3.05, 3.63) is 41.8 Å². The first kappa shape index (κ1) is 35.0. The SMILES string of the molecule is CCOCCCOc1nn([C@H]2CC[C@H](N3C4CCC3COC4)CC2)cc1Nc1ncc(-c2ccc(Cl)c(O[C@@H](C)CN(C=N)N=N)c2)cn1.